The van der Waals surface area contributed by atoms with Crippen LogP contribution in [-0.4, -0.2) is 13.5 Å². The molecule has 0 heterocycles. The van der Waals surface area contributed by atoms with Crippen LogP contribution in [0.5, 0.6) is 0 Å². The number of benzene rings is 2. The fourth-order valence-corrected chi connectivity index (χ4v) is 3.37. The van der Waals surface area contributed by atoms with Gasteiger partial charge in [0.1, 0.15) is 10.7 Å². The summed E-state index contributed by atoms with van der Waals surface area (Å²) in [5.41, 5.74) is 0.986. The number of rotatable bonds is 4. The SMILES string of the molecule is Cc1cc(NS(=O)(=O)c2cc(CO)ccc2Cl)ccc1F. The summed E-state index contributed by atoms with van der Waals surface area (Å²) in [6.45, 7) is 1.24. The molecule has 2 aromatic rings. The Labute approximate surface area is 127 Å². The molecule has 4 nitrogen and oxygen atoms in total. The molecule has 112 valence electrons. The van der Waals surface area contributed by atoms with Crippen LogP contribution in [0.4, 0.5) is 10.1 Å². The van der Waals surface area contributed by atoms with Gasteiger partial charge in [0, 0.05) is 5.69 Å². The molecule has 0 amide bonds. The highest BCUT2D eigenvalue weighted by Gasteiger charge is 2.19. The predicted molar refractivity (Wildman–Crippen MR) is 79.3 cm³/mol. The molecule has 0 radical (unpaired) electrons. The van der Waals surface area contributed by atoms with Crippen LogP contribution < -0.4 is 4.72 Å². The Morgan fingerprint density at radius 1 is 1.24 bits per heavy atom. The molecule has 0 saturated heterocycles. The van der Waals surface area contributed by atoms with Gasteiger partial charge in [0.2, 0.25) is 0 Å². The van der Waals surface area contributed by atoms with Gasteiger partial charge in [-0.3, -0.25) is 4.72 Å². The molecule has 0 aliphatic rings. The topological polar surface area (TPSA) is 66.4 Å². The second kappa shape index (κ2) is 6.01. The summed E-state index contributed by atoms with van der Waals surface area (Å²) in [5, 5.41) is 9.12. The average Bonchev–Trinajstić information content (AvgIpc) is 2.43. The highest BCUT2D eigenvalue weighted by atomic mass is 35.5. The van der Waals surface area contributed by atoms with Crippen LogP contribution in [0.1, 0.15) is 11.1 Å². The summed E-state index contributed by atoms with van der Waals surface area (Å²) >= 11 is 5.90. The quantitative estimate of drug-likeness (QED) is 0.906. The Kier molecular flexibility index (Phi) is 4.51. The smallest absolute Gasteiger partial charge is 0.263 e. The van der Waals surface area contributed by atoms with Crippen molar-refractivity contribution in [3.05, 3.63) is 58.4 Å². The van der Waals surface area contributed by atoms with E-state index < -0.39 is 15.8 Å². The van der Waals surface area contributed by atoms with Crippen LogP contribution in [0.15, 0.2) is 41.3 Å². The molecule has 0 aliphatic heterocycles. The molecule has 0 aliphatic carbocycles. The number of nitrogens with one attached hydrogen (secondary N) is 1. The molecule has 0 atom stereocenters. The minimum atomic E-state index is -3.92. The Morgan fingerprint density at radius 2 is 1.95 bits per heavy atom. The van der Waals surface area contributed by atoms with Gasteiger partial charge in [0.25, 0.3) is 10.0 Å². The Balaban J connectivity index is 2.40. The lowest BCUT2D eigenvalue weighted by atomic mass is 10.2. The number of aliphatic hydroxyl groups is 1. The molecule has 0 unspecified atom stereocenters. The van der Waals surface area contributed by atoms with E-state index in [1.807, 2.05) is 0 Å². The first-order valence-corrected chi connectivity index (χ1v) is 7.88. The number of halogens is 2. The minimum Gasteiger partial charge on any atom is -0.392 e. The fraction of sp³-hybridized carbons (Fsp3) is 0.143. The van der Waals surface area contributed by atoms with Crippen LogP contribution in [0, 0.1) is 12.7 Å². The number of aliphatic hydroxyl groups excluding tert-OH is 1. The van der Waals surface area contributed by atoms with Crippen molar-refractivity contribution in [3.8, 4) is 0 Å². The van der Waals surface area contributed by atoms with Gasteiger partial charge in [-0.2, -0.15) is 0 Å². The zero-order valence-electron chi connectivity index (χ0n) is 11.1. The van der Waals surface area contributed by atoms with E-state index in [9.17, 15) is 12.8 Å². The molecule has 0 spiro atoms. The lowest BCUT2D eigenvalue weighted by Crippen LogP contribution is -2.14. The highest BCUT2D eigenvalue weighted by molar-refractivity contribution is 7.92. The number of aryl methyl sites for hydroxylation is 1. The van der Waals surface area contributed by atoms with Gasteiger partial charge in [-0.25, -0.2) is 12.8 Å². The predicted octanol–water partition coefficient (Wildman–Crippen LogP) is 3.08. The maximum atomic E-state index is 13.2. The van der Waals surface area contributed by atoms with Gasteiger partial charge >= 0.3 is 0 Å². The van der Waals surface area contributed by atoms with Crippen LogP contribution in [0.3, 0.4) is 0 Å². The van der Waals surface area contributed by atoms with Crippen LogP contribution in [-0.2, 0) is 16.6 Å². The maximum absolute atomic E-state index is 13.2. The molecule has 2 aromatic carbocycles. The normalized spacial score (nSPS) is 11.4. The number of hydrogen-bond donors (Lipinski definition) is 2. The Morgan fingerprint density at radius 3 is 2.57 bits per heavy atom. The van der Waals surface area contributed by atoms with Gasteiger partial charge in [-0.05, 0) is 48.4 Å². The first-order chi connectivity index (χ1) is 9.83. The molecule has 2 rings (SSSR count). The van der Waals surface area contributed by atoms with Crippen molar-refractivity contribution in [1.29, 1.82) is 0 Å². The average molecular weight is 330 g/mol. The van der Waals surface area contributed by atoms with Gasteiger partial charge < -0.3 is 5.11 Å². The molecule has 0 fully saturated rings. The molecular formula is C14H13ClFNO3S. The summed E-state index contributed by atoms with van der Waals surface area (Å²) < 4.78 is 40.2. The third-order valence-electron chi connectivity index (χ3n) is 2.88. The lowest BCUT2D eigenvalue weighted by molar-refractivity contribution is 0.281. The highest BCUT2D eigenvalue weighted by Crippen LogP contribution is 2.25. The van der Waals surface area contributed by atoms with Crippen molar-refractivity contribution < 1.29 is 17.9 Å². The lowest BCUT2D eigenvalue weighted by Gasteiger charge is -2.11. The Bertz CT molecular complexity index is 778. The van der Waals surface area contributed by atoms with E-state index in [0.29, 0.717) is 11.1 Å². The summed E-state index contributed by atoms with van der Waals surface area (Å²) in [4.78, 5) is -0.141. The molecule has 0 bridgehead atoms. The van der Waals surface area contributed by atoms with Crippen molar-refractivity contribution in [3.63, 3.8) is 0 Å². The minimum absolute atomic E-state index is 0.0403. The van der Waals surface area contributed by atoms with E-state index in [1.165, 1.54) is 43.3 Å². The van der Waals surface area contributed by atoms with Gasteiger partial charge in [0.15, 0.2) is 0 Å². The van der Waals surface area contributed by atoms with Gasteiger partial charge in [-0.15, -0.1) is 0 Å². The zero-order chi connectivity index (χ0) is 15.6. The number of anilines is 1. The van der Waals surface area contributed by atoms with E-state index in [0.717, 1.165) is 0 Å². The van der Waals surface area contributed by atoms with Crippen molar-refractivity contribution >= 4 is 27.3 Å². The zero-order valence-corrected chi connectivity index (χ0v) is 12.7. The molecule has 0 saturated carbocycles. The molecule has 7 heteroatoms. The van der Waals surface area contributed by atoms with Crippen molar-refractivity contribution in [2.24, 2.45) is 0 Å². The molecule has 2 N–H and O–H groups in total. The van der Waals surface area contributed by atoms with Crippen molar-refractivity contribution in [2.45, 2.75) is 18.4 Å². The van der Waals surface area contributed by atoms with E-state index in [-0.39, 0.29) is 22.2 Å². The molecule has 21 heavy (non-hydrogen) atoms. The van der Waals surface area contributed by atoms with Gasteiger partial charge in [0.05, 0.1) is 11.6 Å². The van der Waals surface area contributed by atoms with Gasteiger partial charge in [-0.1, -0.05) is 17.7 Å². The van der Waals surface area contributed by atoms with Crippen LogP contribution in [0.2, 0.25) is 5.02 Å². The third-order valence-corrected chi connectivity index (χ3v) is 4.74. The summed E-state index contributed by atoms with van der Waals surface area (Å²) in [5.74, 6) is -0.418. The van der Waals surface area contributed by atoms with Crippen molar-refractivity contribution in [2.75, 3.05) is 4.72 Å². The number of hydrogen-bond acceptors (Lipinski definition) is 3. The third kappa shape index (κ3) is 3.53. The van der Waals surface area contributed by atoms with E-state index in [4.69, 9.17) is 16.7 Å². The van der Waals surface area contributed by atoms with E-state index in [1.54, 1.807) is 0 Å². The van der Waals surface area contributed by atoms with E-state index >= 15 is 0 Å². The number of sulfonamides is 1. The van der Waals surface area contributed by atoms with Crippen LogP contribution >= 0.6 is 11.6 Å². The second-order valence-electron chi connectivity index (χ2n) is 4.49. The Hall–Kier alpha value is -1.63. The fourth-order valence-electron chi connectivity index (χ4n) is 1.77. The standard InChI is InChI=1S/C14H13ClFNO3S/c1-9-6-11(3-5-13(9)16)17-21(19,20)14-7-10(8-18)2-4-12(14)15/h2-7,17-18H,8H2,1H3. The summed E-state index contributed by atoms with van der Waals surface area (Å²) in [7, 11) is -3.92. The monoisotopic (exact) mass is 329 g/mol. The maximum Gasteiger partial charge on any atom is 0.263 e. The summed E-state index contributed by atoms with van der Waals surface area (Å²) in [6.07, 6.45) is 0. The van der Waals surface area contributed by atoms with E-state index in [2.05, 4.69) is 4.72 Å². The second-order valence-corrected chi connectivity index (χ2v) is 6.55. The first-order valence-electron chi connectivity index (χ1n) is 6.02. The molecule has 0 aromatic heterocycles. The largest absolute Gasteiger partial charge is 0.392 e. The molecular weight excluding hydrogens is 317 g/mol. The summed E-state index contributed by atoms with van der Waals surface area (Å²) in [6, 6.07) is 8.11. The van der Waals surface area contributed by atoms with Crippen LogP contribution in [0.25, 0.3) is 0 Å². The van der Waals surface area contributed by atoms with Crippen molar-refractivity contribution in [1.82, 2.24) is 0 Å². The first kappa shape index (κ1) is 15.8.